The maximum atomic E-state index is 12.9. The third-order valence-electron chi connectivity index (χ3n) is 6.01. The lowest BCUT2D eigenvalue weighted by molar-refractivity contribution is -0.134. The van der Waals surface area contributed by atoms with Crippen molar-refractivity contribution in [2.24, 2.45) is 0 Å². The molecule has 4 rings (SSSR count). The number of benzene rings is 1. The van der Waals surface area contributed by atoms with Crippen molar-refractivity contribution in [1.29, 1.82) is 0 Å². The maximum absolute atomic E-state index is 12.9. The van der Waals surface area contributed by atoms with E-state index in [9.17, 15) is 9.59 Å². The highest BCUT2D eigenvalue weighted by Crippen LogP contribution is 2.35. The van der Waals surface area contributed by atoms with Crippen molar-refractivity contribution in [3.63, 3.8) is 0 Å². The third kappa shape index (κ3) is 3.72. The molecule has 29 heavy (non-hydrogen) atoms. The Morgan fingerprint density at radius 1 is 1.24 bits per heavy atom. The number of piperidine rings is 1. The van der Waals surface area contributed by atoms with Crippen molar-refractivity contribution in [1.82, 2.24) is 25.5 Å². The number of aromatic amines is 1. The molecule has 0 bridgehead atoms. The van der Waals surface area contributed by atoms with Crippen LogP contribution < -0.4 is 15.4 Å². The third-order valence-corrected chi connectivity index (χ3v) is 6.01. The molecule has 1 aromatic heterocycles. The summed E-state index contributed by atoms with van der Waals surface area (Å²) in [6.45, 7) is 3.93. The lowest BCUT2D eigenvalue weighted by atomic mass is 9.80. The van der Waals surface area contributed by atoms with E-state index in [-0.39, 0.29) is 17.4 Å². The Bertz CT molecular complexity index is 884. The van der Waals surface area contributed by atoms with Crippen molar-refractivity contribution >= 4 is 11.8 Å². The van der Waals surface area contributed by atoms with Gasteiger partial charge >= 0.3 is 0 Å². The second kappa shape index (κ2) is 7.87. The second-order valence-electron chi connectivity index (χ2n) is 7.74. The standard InChI is InChI=1S/C21H27N5O3/c1-14(25-19(27)15-3-5-16(29-2)6-4-15)20(28)26-11-8-21(9-12-26)18-17(7-10-24-21)22-13-23-18/h3-6,13-14,24H,7-12H2,1-2H3,(H,22,23)(H,25,27)/t14-/m0/s1. The van der Waals surface area contributed by atoms with Crippen LogP contribution in [0.25, 0.3) is 0 Å². The number of aromatic nitrogens is 2. The number of ether oxygens (including phenoxy) is 1. The van der Waals surface area contributed by atoms with Crippen LogP contribution in [-0.4, -0.2) is 59.5 Å². The van der Waals surface area contributed by atoms with Crippen molar-refractivity contribution in [2.45, 2.75) is 37.8 Å². The fraction of sp³-hybridized carbons (Fsp3) is 0.476. The molecular weight excluding hydrogens is 370 g/mol. The molecule has 1 fully saturated rings. The number of likely N-dealkylation sites (tertiary alicyclic amines) is 1. The minimum Gasteiger partial charge on any atom is -0.497 e. The van der Waals surface area contributed by atoms with E-state index in [0.29, 0.717) is 24.4 Å². The Balaban J connectivity index is 1.35. The van der Waals surface area contributed by atoms with Crippen LogP contribution in [0.1, 0.15) is 41.5 Å². The van der Waals surface area contributed by atoms with E-state index in [2.05, 4.69) is 20.6 Å². The summed E-state index contributed by atoms with van der Waals surface area (Å²) in [5, 5.41) is 6.44. The van der Waals surface area contributed by atoms with E-state index in [0.717, 1.165) is 31.5 Å². The molecule has 1 saturated heterocycles. The molecule has 0 unspecified atom stereocenters. The Morgan fingerprint density at radius 3 is 2.66 bits per heavy atom. The summed E-state index contributed by atoms with van der Waals surface area (Å²) >= 11 is 0. The van der Waals surface area contributed by atoms with E-state index in [4.69, 9.17) is 4.74 Å². The van der Waals surface area contributed by atoms with Crippen LogP contribution in [0, 0.1) is 0 Å². The first kappa shape index (κ1) is 19.4. The number of imidazole rings is 1. The Kier molecular flexibility index (Phi) is 5.27. The van der Waals surface area contributed by atoms with Gasteiger partial charge in [-0.1, -0.05) is 0 Å². The first-order valence-electron chi connectivity index (χ1n) is 10.0. The molecule has 2 aliphatic heterocycles. The molecule has 3 N–H and O–H groups in total. The lowest BCUT2D eigenvalue weighted by Gasteiger charge is -2.44. The molecule has 8 heteroatoms. The fourth-order valence-corrected chi connectivity index (χ4v) is 4.31. The zero-order chi connectivity index (χ0) is 20.4. The fourth-order valence-electron chi connectivity index (χ4n) is 4.31. The van der Waals surface area contributed by atoms with Gasteiger partial charge in [0, 0.05) is 37.3 Å². The van der Waals surface area contributed by atoms with Crippen molar-refractivity contribution < 1.29 is 14.3 Å². The molecule has 0 saturated carbocycles. The summed E-state index contributed by atoms with van der Waals surface area (Å²) in [4.78, 5) is 34.9. The van der Waals surface area contributed by atoms with E-state index < -0.39 is 6.04 Å². The Morgan fingerprint density at radius 2 is 1.97 bits per heavy atom. The number of fused-ring (bicyclic) bond motifs is 2. The molecule has 0 aliphatic carbocycles. The SMILES string of the molecule is COc1ccc(C(=O)N[C@@H](C)C(=O)N2CCC3(CC2)NCCc2[nH]cnc23)cc1. The highest BCUT2D eigenvalue weighted by molar-refractivity contribution is 5.97. The molecule has 2 aliphatic rings. The molecule has 2 amide bonds. The van der Waals surface area contributed by atoms with Gasteiger partial charge in [-0.05, 0) is 44.0 Å². The van der Waals surface area contributed by atoms with Gasteiger partial charge in [0.1, 0.15) is 11.8 Å². The van der Waals surface area contributed by atoms with Gasteiger partial charge in [0.15, 0.2) is 0 Å². The minimum absolute atomic E-state index is 0.0558. The van der Waals surface area contributed by atoms with E-state index in [1.165, 1.54) is 5.69 Å². The van der Waals surface area contributed by atoms with Crippen LogP contribution in [0.15, 0.2) is 30.6 Å². The molecule has 1 aromatic carbocycles. The minimum atomic E-state index is -0.584. The number of carbonyl (C=O) groups is 2. The summed E-state index contributed by atoms with van der Waals surface area (Å²) < 4.78 is 5.11. The maximum Gasteiger partial charge on any atom is 0.251 e. The van der Waals surface area contributed by atoms with Gasteiger partial charge < -0.3 is 25.3 Å². The number of amides is 2. The van der Waals surface area contributed by atoms with Crippen LogP contribution in [0.5, 0.6) is 5.75 Å². The average molecular weight is 397 g/mol. The number of hydrogen-bond donors (Lipinski definition) is 3. The number of H-pyrrole nitrogens is 1. The van der Waals surface area contributed by atoms with Crippen LogP contribution in [-0.2, 0) is 16.8 Å². The molecular formula is C21H27N5O3. The number of rotatable bonds is 4. The molecule has 2 aromatic rings. The predicted octanol–water partition coefficient (Wildman–Crippen LogP) is 1.20. The van der Waals surface area contributed by atoms with Crippen LogP contribution in [0.2, 0.25) is 0 Å². The van der Waals surface area contributed by atoms with Crippen LogP contribution >= 0.6 is 0 Å². The van der Waals surface area contributed by atoms with Crippen molar-refractivity contribution in [3.05, 3.63) is 47.5 Å². The van der Waals surface area contributed by atoms with E-state index in [1.54, 1.807) is 44.6 Å². The zero-order valence-electron chi connectivity index (χ0n) is 16.8. The van der Waals surface area contributed by atoms with Crippen molar-refractivity contribution in [2.75, 3.05) is 26.7 Å². The predicted molar refractivity (Wildman–Crippen MR) is 108 cm³/mol. The van der Waals surface area contributed by atoms with E-state index >= 15 is 0 Å². The summed E-state index contributed by atoms with van der Waals surface area (Å²) in [5.74, 6) is 0.362. The van der Waals surface area contributed by atoms with Crippen LogP contribution in [0.4, 0.5) is 0 Å². The number of methoxy groups -OCH3 is 1. The topological polar surface area (TPSA) is 99.4 Å². The molecule has 3 heterocycles. The summed E-state index contributed by atoms with van der Waals surface area (Å²) in [6, 6.07) is 6.25. The van der Waals surface area contributed by atoms with Gasteiger partial charge in [0.05, 0.1) is 24.7 Å². The number of nitrogens with zero attached hydrogens (tertiary/aromatic N) is 2. The number of hydrogen-bond acceptors (Lipinski definition) is 5. The molecule has 154 valence electrons. The van der Waals surface area contributed by atoms with Gasteiger partial charge in [-0.15, -0.1) is 0 Å². The summed E-state index contributed by atoms with van der Waals surface area (Å²) in [5.41, 5.74) is 2.64. The normalized spacial score (nSPS) is 18.8. The number of nitrogens with one attached hydrogen (secondary N) is 3. The Hall–Kier alpha value is -2.87. The van der Waals surface area contributed by atoms with E-state index in [1.807, 2.05) is 4.90 Å². The molecule has 0 radical (unpaired) electrons. The molecule has 1 spiro atoms. The van der Waals surface area contributed by atoms with Crippen molar-refractivity contribution in [3.8, 4) is 5.75 Å². The average Bonchev–Trinajstić information content (AvgIpc) is 3.24. The zero-order valence-corrected chi connectivity index (χ0v) is 16.8. The highest BCUT2D eigenvalue weighted by atomic mass is 16.5. The summed E-state index contributed by atoms with van der Waals surface area (Å²) in [7, 11) is 1.58. The number of carbonyl (C=O) groups excluding carboxylic acids is 2. The van der Waals surface area contributed by atoms with Gasteiger partial charge in [-0.2, -0.15) is 0 Å². The Labute approximate surface area is 170 Å². The molecule has 1 atom stereocenters. The first-order valence-corrected chi connectivity index (χ1v) is 10.0. The highest BCUT2D eigenvalue weighted by Gasteiger charge is 2.42. The smallest absolute Gasteiger partial charge is 0.251 e. The second-order valence-corrected chi connectivity index (χ2v) is 7.74. The monoisotopic (exact) mass is 397 g/mol. The van der Waals surface area contributed by atoms with Gasteiger partial charge in [0.25, 0.3) is 5.91 Å². The van der Waals surface area contributed by atoms with Gasteiger partial charge in [-0.3, -0.25) is 9.59 Å². The first-order chi connectivity index (χ1) is 14.0. The summed E-state index contributed by atoms with van der Waals surface area (Å²) in [6.07, 6.45) is 4.34. The largest absolute Gasteiger partial charge is 0.497 e. The quantitative estimate of drug-likeness (QED) is 0.720. The van der Waals surface area contributed by atoms with Gasteiger partial charge in [-0.25, -0.2) is 4.98 Å². The van der Waals surface area contributed by atoms with Crippen LogP contribution in [0.3, 0.4) is 0 Å². The van der Waals surface area contributed by atoms with Gasteiger partial charge in [0.2, 0.25) is 5.91 Å². The molecule has 8 nitrogen and oxygen atoms in total. The lowest BCUT2D eigenvalue weighted by Crippen LogP contribution is -2.57.